The molecule has 31 heavy (non-hydrogen) atoms. The van der Waals surface area contributed by atoms with E-state index in [1.165, 1.54) is 12.1 Å². The lowest BCUT2D eigenvalue weighted by atomic mass is 10.3. The lowest BCUT2D eigenvalue weighted by molar-refractivity contribution is -0.123. The van der Waals surface area contributed by atoms with Crippen molar-refractivity contribution in [1.29, 1.82) is 0 Å². The summed E-state index contributed by atoms with van der Waals surface area (Å²) >= 11 is 0. The second-order valence-electron chi connectivity index (χ2n) is 6.57. The molecule has 8 nitrogen and oxygen atoms in total. The van der Waals surface area contributed by atoms with Gasteiger partial charge in [0, 0.05) is 30.5 Å². The van der Waals surface area contributed by atoms with Crippen molar-refractivity contribution in [3.63, 3.8) is 0 Å². The molecule has 0 radical (unpaired) electrons. The molecule has 2 aromatic carbocycles. The van der Waals surface area contributed by atoms with Crippen LogP contribution in [0, 0.1) is 12.7 Å². The zero-order chi connectivity index (χ0) is 22.1. The topological polar surface area (TPSA) is 97.4 Å². The molecule has 1 heterocycles. The maximum Gasteiger partial charge on any atom is 0.258 e. The Labute approximate surface area is 179 Å². The van der Waals surface area contributed by atoms with Crippen molar-refractivity contribution in [2.75, 3.05) is 37.4 Å². The van der Waals surface area contributed by atoms with Crippen molar-refractivity contribution in [1.82, 2.24) is 15.3 Å². The molecular formula is C22H24FN5O3. The maximum absolute atomic E-state index is 13.5. The van der Waals surface area contributed by atoms with Crippen molar-refractivity contribution in [3.05, 3.63) is 66.1 Å². The van der Waals surface area contributed by atoms with E-state index < -0.39 is 5.82 Å². The Balaban J connectivity index is 1.44. The van der Waals surface area contributed by atoms with Crippen LogP contribution in [0.1, 0.15) is 5.69 Å². The lowest BCUT2D eigenvalue weighted by Crippen LogP contribution is -2.33. The van der Waals surface area contributed by atoms with Crippen LogP contribution in [0.4, 0.5) is 21.8 Å². The molecule has 0 unspecified atom stereocenters. The molecule has 0 fully saturated rings. The highest BCUT2D eigenvalue weighted by atomic mass is 19.1. The number of nitrogens with one attached hydrogen (secondary N) is 3. The van der Waals surface area contributed by atoms with E-state index in [1.807, 2.05) is 37.3 Å². The molecule has 0 atom stereocenters. The summed E-state index contributed by atoms with van der Waals surface area (Å²) in [5, 5.41) is 8.98. The minimum absolute atomic E-state index is 0.0424. The summed E-state index contributed by atoms with van der Waals surface area (Å²) in [5.74, 6) is 1.04. The number of benzene rings is 2. The van der Waals surface area contributed by atoms with Crippen LogP contribution < -0.4 is 25.4 Å². The van der Waals surface area contributed by atoms with Gasteiger partial charge in [0.2, 0.25) is 5.95 Å². The van der Waals surface area contributed by atoms with E-state index in [4.69, 9.17) is 9.47 Å². The van der Waals surface area contributed by atoms with E-state index in [-0.39, 0.29) is 18.3 Å². The second kappa shape index (κ2) is 10.8. The zero-order valence-corrected chi connectivity index (χ0v) is 17.3. The van der Waals surface area contributed by atoms with Gasteiger partial charge in [0.1, 0.15) is 11.6 Å². The monoisotopic (exact) mass is 425 g/mol. The van der Waals surface area contributed by atoms with Crippen LogP contribution in [-0.2, 0) is 4.79 Å². The van der Waals surface area contributed by atoms with Gasteiger partial charge in [-0.1, -0.05) is 12.1 Å². The number of aromatic nitrogens is 2. The van der Waals surface area contributed by atoms with Crippen LogP contribution in [0.2, 0.25) is 0 Å². The standard InChI is InChI=1S/C22H24FN5O3/c1-15-13-20(27-16-7-9-17(30-2)10-8-16)28-22(26-15)25-12-11-24-21(29)14-31-19-6-4-3-5-18(19)23/h3-10,13H,11-12,14H2,1-2H3,(H,24,29)(H2,25,26,27,28). The minimum Gasteiger partial charge on any atom is -0.497 e. The number of methoxy groups -OCH3 is 1. The number of para-hydroxylation sites is 1. The van der Waals surface area contributed by atoms with Gasteiger partial charge in [0.15, 0.2) is 18.2 Å². The van der Waals surface area contributed by atoms with Crippen LogP contribution >= 0.6 is 0 Å². The van der Waals surface area contributed by atoms with E-state index in [0.717, 1.165) is 17.1 Å². The Kier molecular flexibility index (Phi) is 7.58. The van der Waals surface area contributed by atoms with Gasteiger partial charge >= 0.3 is 0 Å². The highest BCUT2D eigenvalue weighted by Crippen LogP contribution is 2.20. The summed E-state index contributed by atoms with van der Waals surface area (Å²) in [5.41, 5.74) is 1.66. The summed E-state index contributed by atoms with van der Waals surface area (Å²) in [7, 11) is 1.62. The second-order valence-corrected chi connectivity index (χ2v) is 6.57. The van der Waals surface area contributed by atoms with E-state index in [9.17, 15) is 9.18 Å². The average molecular weight is 425 g/mol. The summed E-state index contributed by atoms with van der Waals surface area (Å²) in [6, 6.07) is 15.3. The number of anilines is 3. The van der Waals surface area contributed by atoms with Crippen LogP contribution in [-0.4, -0.2) is 42.7 Å². The van der Waals surface area contributed by atoms with Crippen molar-refractivity contribution in [3.8, 4) is 11.5 Å². The lowest BCUT2D eigenvalue weighted by Gasteiger charge is -2.11. The van der Waals surface area contributed by atoms with Crippen molar-refractivity contribution in [2.45, 2.75) is 6.92 Å². The fourth-order valence-corrected chi connectivity index (χ4v) is 2.67. The molecule has 3 aromatic rings. The number of nitrogens with zero attached hydrogens (tertiary/aromatic N) is 2. The summed E-state index contributed by atoms with van der Waals surface area (Å²) in [6.07, 6.45) is 0. The smallest absolute Gasteiger partial charge is 0.258 e. The van der Waals surface area contributed by atoms with Crippen LogP contribution in [0.15, 0.2) is 54.6 Å². The maximum atomic E-state index is 13.5. The first-order valence-corrected chi connectivity index (χ1v) is 9.68. The molecular weight excluding hydrogens is 401 g/mol. The fourth-order valence-electron chi connectivity index (χ4n) is 2.67. The first-order chi connectivity index (χ1) is 15.0. The number of rotatable bonds is 10. The van der Waals surface area contributed by atoms with Gasteiger partial charge in [0.25, 0.3) is 5.91 Å². The molecule has 0 saturated heterocycles. The van der Waals surface area contributed by atoms with E-state index in [1.54, 1.807) is 19.2 Å². The highest BCUT2D eigenvalue weighted by Gasteiger charge is 2.07. The molecule has 0 aliphatic heterocycles. The normalized spacial score (nSPS) is 10.3. The third-order valence-electron chi connectivity index (χ3n) is 4.14. The van der Waals surface area contributed by atoms with E-state index in [2.05, 4.69) is 25.9 Å². The van der Waals surface area contributed by atoms with Gasteiger partial charge in [0.05, 0.1) is 7.11 Å². The molecule has 9 heteroatoms. The molecule has 0 bridgehead atoms. The third kappa shape index (κ3) is 6.84. The fraction of sp³-hybridized carbons (Fsp3) is 0.227. The van der Waals surface area contributed by atoms with Crippen LogP contribution in [0.25, 0.3) is 0 Å². The zero-order valence-electron chi connectivity index (χ0n) is 17.3. The summed E-state index contributed by atoms with van der Waals surface area (Å²) in [4.78, 5) is 20.6. The highest BCUT2D eigenvalue weighted by molar-refractivity contribution is 5.77. The molecule has 0 aliphatic carbocycles. The number of halogens is 1. The Hall–Kier alpha value is -3.88. The molecule has 0 saturated carbocycles. The predicted molar refractivity (Wildman–Crippen MR) is 116 cm³/mol. The largest absolute Gasteiger partial charge is 0.497 e. The molecule has 3 N–H and O–H groups in total. The number of carbonyl (C=O) groups is 1. The van der Waals surface area contributed by atoms with Gasteiger partial charge in [-0.3, -0.25) is 4.79 Å². The van der Waals surface area contributed by atoms with Gasteiger partial charge < -0.3 is 25.4 Å². The first kappa shape index (κ1) is 21.8. The van der Waals surface area contributed by atoms with Gasteiger partial charge in [-0.25, -0.2) is 9.37 Å². The Morgan fingerprint density at radius 2 is 1.84 bits per heavy atom. The van der Waals surface area contributed by atoms with E-state index >= 15 is 0 Å². The van der Waals surface area contributed by atoms with Crippen LogP contribution in [0.5, 0.6) is 11.5 Å². The summed E-state index contributed by atoms with van der Waals surface area (Å²) < 4.78 is 23.8. The molecule has 162 valence electrons. The quantitative estimate of drug-likeness (QED) is 0.429. The number of aryl methyl sites for hydroxylation is 1. The van der Waals surface area contributed by atoms with Gasteiger partial charge in [-0.05, 0) is 43.3 Å². The number of carbonyl (C=O) groups excluding carboxylic acids is 1. The number of hydrogen-bond acceptors (Lipinski definition) is 7. The first-order valence-electron chi connectivity index (χ1n) is 9.68. The third-order valence-corrected chi connectivity index (χ3v) is 4.14. The molecule has 0 aliphatic rings. The number of ether oxygens (including phenoxy) is 2. The van der Waals surface area contributed by atoms with Crippen molar-refractivity contribution < 1.29 is 18.7 Å². The molecule has 1 aromatic heterocycles. The molecule has 3 rings (SSSR count). The Morgan fingerprint density at radius 3 is 2.58 bits per heavy atom. The average Bonchev–Trinajstić information content (AvgIpc) is 2.76. The SMILES string of the molecule is COc1ccc(Nc2cc(C)nc(NCCNC(=O)COc3ccccc3F)n2)cc1. The van der Waals surface area contributed by atoms with Crippen molar-refractivity contribution >= 4 is 23.4 Å². The predicted octanol–water partition coefficient (Wildman–Crippen LogP) is 3.28. The van der Waals surface area contributed by atoms with Gasteiger partial charge in [-0.2, -0.15) is 4.98 Å². The molecule has 1 amide bonds. The van der Waals surface area contributed by atoms with Gasteiger partial charge in [-0.15, -0.1) is 0 Å². The van der Waals surface area contributed by atoms with Crippen LogP contribution in [0.3, 0.4) is 0 Å². The number of amides is 1. The van der Waals surface area contributed by atoms with Crippen molar-refractivity contribution in [2.24, 2.45) is 0 Å². The summed E-state index contributed by atoms with van der Waals surface area (Å²) in [6.45, 7) is 2.35. The van der Waals surface area contributed by atoms with E-state index in [0.29, 0.717) is 24.9 Å². The minimum atomic E-state index is -0.507. The molecule has 0 spiro atoms. The Bertz CT molecular complexity index is 1010. The Morgan fingerprint density at radius 1 is 1.06 bits per heavy atom. The number of hydrogen-bond donors (Lipinski definition) is 3.